The standard InChI is InChI=1S/C17H18FN3O2/c1-3-13-14(9-19)17(23)21(20-15(13)4-2)10-16(22)11-5-7-12(18)8-6-11/h5-8,16,22H,3-4,10H2,1-2H3/t16-/m1/s1. The Morgan fingerprint density at radius 2 is 1.96 bits per heavy atom. The molecule has 1 atom stereocenters. The lowest BCUT2D eigenvalue weighted by Gasteiger charge is -2.15. The minimum absolute atomic E-state index is 0.0747. The van der Waals surface area contributed by atoms with Gasteiger partial charge in [-0.2, -0.15) is 10.4 Å². The number of rotatable bonds is 5. The Labute approximate surface area is 133 Å². The summed E-state index contributed by atoms with van der Waals surface area (Å²) in [6.07, 6.45) is 0.130. The largest absolute Gasteiger partial charge is 0.386 e. The van der Waals surface area contributed by atoms with Crippen LogP contribution in [-0.2, 0) is 19.4 Å². The second-order valence-electron chi connectivity index (χ2n) is 5.17. The summed E-state index contributed by atoms with van der Waals surface area (Å²) >= 11 is 0. The van der Waals surface area contributed by atoms with Gasteiger partial charge in [0.25, 0.3) is 5.56 Å². The van der Waals surface area contributed by atoms with Gasteiger partial charge in [-0.3, -0.25) is 4.79 Å². The van der Waals surface area contributed by atoms with Crippen molar-refractivity contribution in [3.8, 4) is 6.07 Å². The van der Waals surface area contributed by atoms with E-state index in [-0.39, 0.29) is 12.1 Å². The van der Waals surface area contributed by atoms with E-state index in [9.17, 15) is 19.6 Å². The maximum Gasteiger partial charge on any atom is 0.285 e. The number of nitriles is 1. The SMILES string of the molecule is CCc1nn(C[C@@H](O)c2ccc(F)cc2)c(=O)c(C#N)c1CC. The number of benzene rings is 1. The summed E-state index contributed by atoms with van der Waals surface area (Å²) in [7, 11) is 0. The van der Waals surface area contributed by atoms with Crippen LogP contribution in [0.2, 0.25) is 0 Å². The Kier molecular flexibility index (Phi) is 5.24. The van der Waals surface area contributed by atoms with Gasteiger partial charge in [-0.05, 0) is 36.1 Å². The topological polar surface area (TPSA) is 78.9 Å². The summed E-state index contributed by atoms with van der Waals surface area (Å²) in [5.74, 6) is -0.399. The zero-order valence-corrected chi connectivity index (χ0v) is 13.1. The van der Waals surface area contributed by atoms with E-state index in [4.69, 9.17) is 0 Å². The van der Waals surface area contributed by atoms with Gasteiger partial charge >= 0.3 is 0 Å². The number of aliphatic hydroxyl groups excluding tert-OH is 1. The molecule has 120 valence electrons. The summed E-state index contributed by atoms with van der Waals surface area (Å²) < 4.78 is 14.1. The Balaban J connectivity index is 2.42. The molecule has 0 saturated carbocycles. The van der Waals surface area contributed by atoms with Crippen LogP contribution in [0.5, 0.6) is 0 Å². The molecule has 0 radical (unpaired) electrons. The van der Waals surface area contributed by atoms with Crippen molar-refractivity contribution in [2.75, 3.05) is 0 Å². The molecule has 1 aromatic heterocycles. The molecule has 23 heavy (non-hydrogen) atoms. The number of aryl methyl sites for hydroxylation is 1. The molecule has 0 aliphatic carbocycles. The minimum atomic E-state index is -1.01. The first-order chi connectivity index (χ1) is 11.0. The molecule has 2 aromatic rings. The van der Waals surface area contributed by atoms with E-state index in [1.54, 1.807) is 0 Å². The monoisotopic (exact) mass is 315 g/mol. The molecule has 0 amide bonds. The van der Waals surface area contributed by atoms with Gasteiger partial charge in [0, 0.05) is 0 Å². The molecule has 1 aromatic carbocycles. The Morgan fingerprint density at radius 3 is 2.48 bits per heavy atom. The number of aromatic nitrogens is 2. The van der Waals surface area contributed by atoms with Crippen LogP contribution in [0.15, 0.2) is 29.1 Å². The van der Waals surface area contributed by atoms with E-state index < -0.39 is 17.5 Å². The van der Waals surface area contributed by atoms with Gasteiger partial charge in [0.05, 0.1) is 18.3 Å². The van der Waals surface area contributed by atoms with Gasteiger partial charge < -0.3 is 5.11 Å². The van der Waals surface area contributed by atoms with Crippen molar-refractivity contribution >= 4 is 0 Å². The number of aliphatic hydroxyl groups is 1. The fourth-order valence-electron chi connectivity index (χ4n) is 2.51. The number of halogens is 1. The highest BCUT2D eigenvalue weighted by atomic mass is 19.1. The van der Waals surface area contributed by atoms with Crippen molar-refractivity contribution in [3.63, 3.8) is 0 Å². The smallest absolute Gasteiger partial charge is 0.285 e. The van der Waals surface area contributed by atoms with Crippen molar-refractivity contribution in [3.05, 3.63) is 62.8 Å². The first-order valence-electron chi connectivity index (χ1n) is 7.48. The second-order valence-corrected chi connectivity index (χ2v) is 5.17. The molecule has 0 aliphatic rings. The van der Waals surface area contributed by atoms with E-state index in [1.165, 1.54) is 24.3 Å². The van der Waals surface area contributed by atoms with Crippen LogP contribution < -0.4 is 5.56 Å². The van der Waals surface area contributed by atoms with Crippen molar-refractivity contribution < 1.29 is 9.50 Å². The number of nitrogens with zero attached hydrogens (tertiary/aromatic N) is 3. The van der Waals surface area contributed by atoms with Gasteiger partial charge in [0.15, 0.2) is 0 Å². The van der Waals surface area contributed by atoms with Gasteiger partial charge in [-0.1, -0.05) is 26.0 Å². The average molecular weight is 315 g/mol. The molecular weight excluding hydrogens is 297 g/mol. The average Bonchev–Trinajstić information content (AvgIpc) is 2.56. The van der Waals surface area contributed by atoms with Crippen molar-refractivity contribution in [2.24, 2.45) is 0 Å². The highest BCUT2D eigenvalue weighted by Gasteiger charge is 2.17. The van der Waals surface area contributed by atoms with E-state index in [0.717, 1.165) is 4.68 Å². The molecule has 0 spiro atoms. The second kappa shape index (κ2) is 7.16. The van der Waals surface area contributed by atoms with Crippen molar-refractivity contribution in [2.45, 2.75) is 39.3 Å². The van der Waals surface area contributed by atoms with Gasteiger partial charge in [0.1, 0.15) is 17.4 Å². The normalized spacial score (nSPS) is 12.0. The lowest BCUT2D eigenvalue weighted by atomic mass is 10.0. The summed E-state index contributed by atoms with van der Waals surface area (Å²) in [6.45, 7) is 3.68. The Morgan fingerprint density at radius 1 is 1.30 bits per heavy atom. The fourth-order valence-corrected chi connectivity index (χ4v) is 2.51. The predicted molar refractivity (Wildman–Crippen MR) is 83.3 cm³/mol. The summed E-state index contributed by atoms with van der Waals surface area (Å²) in [5.41, 5.74) is 1.38. The highest BCUT2D eigenvalue weighted by molar-refractivity contribution is 5.38. The van der Waals surface area contributed by atoms with Crippen LogP contribution in [0, 0.1) is 17.1 Å². The Bertz CT molecular complexity index is 791. The molecule has 1 N–H and O–H groups in total. The van der Waals surface area contributed by atoms with Crippen LogP contribution in [0.4, 0.5) is 4.39 Å². The highest BCUT2D eigenvalue weighted by Crippen LogP contribution is 2.16. The van der Waals surface area contributed by atoms with E-state index in [2.05, 4.69) is 5.10 Å². The number of hydrogen-bond acceptors (Lipinski definition) is 4. The third-order valence-electron chi connectivity index (χ3n) is 3.74. The third kappa shape index (κ3) is 3.46. The van der Waals surface area contributed by atoms with Crippen LogP contribution in [-0.4, -0.2) is 14.9 Å². The molecular formula is C17H18FN3O2. The summed E-state index contributed by atoms with van der Waals surface area (Å²) in [6, 6.07) is 7.34. The van der Waals surface area contributed by atoms with Crippen molar-refractivity contribution in [1.82, 2.24) is 9.78 Å². The lowest BCUT2D eigenvalue weighted by molar-refractivity contribution is 0.148. The molecule has 0 fully saturated rings. The molecule has 1 heterocycles. The summed E-state index contributed by atoms with van der Waals surface area (Å²) in [4.78, 5) is 12.4. The van der Waals surface area contributed by atoms with Crippen molar-refractivity contribution in [1.29, 1.82) is 5.26 Å². The quantitative estimate of drug-likeness (QED) is 0.916. The fraction of sp³-hybridized carbons (Fsp3) is 0.353. The van der Waals surface area contributed by atoms with Crippen LogP contribution in [0.3, 0.4) is 0 Å². The summed E-state index contributed by atoms with van der Waals surface area (Å²) in [5, 5.41) is 23.8. The molecule has 2 rings (SSSR count). The molecule has 6 heteroatoms. The zero-order valence-electron chi connectivity index (χ0n) is 13.1. The first kappa shape index (κ1) is 16.8. The number of hydrogen-bond donors (Lipinski definition) is 1. The third-order valence-corrected chi connectivity index (χ3v) is 3.74. The van der Waals surface area contributed by atoms with Crippen LogP contribution >= 0.6 is 0 Å². The van der Waals surface area contributed by atoms with Crippen LogP contribution in [0.1, 0.15) is 42.3 Å². The first-order valence-corrected chi connectivity index (χ1v) is 7.48. The van der Waals surface area contributed by atoms with Crippen LogP contribution in [0.25, 0.3) is 0 Å². The van der Waals surface area contributed by atoms with Gasteiger partial charge in [-0.15, -0.1) is 0 Å². The minimum Gasteiger partial charge on any atom is -0.386 e. The molecule has 5 nitrogen and oxygen atoms in total. The maximum absolute atomic E-state index is 12.9. The maximum atomic E-state index is 12.9. The zero-order chi connectivity index (χ0) is 17.0. The molecule has 0 saturated heterocycles. The van der Waals surface area contributed by atoms with E-state index in [1.807, 2.05) is 19.9 Å². The Hall–Kier alpha value is -2.52. The molecule has 0 unspecified atom stereocenters. The predicted octanol–water partition coefficient (Wildman–Crippen LogP) is 2.11. The van der Waals surface area contributed by atoms with Gasteiger partial charge in [-0.25, -0.2) is 9.07 Å². The lowest BCUT2D eigenvalue weighted by Crippen LogP contribution is -2.30. The van der Waals surface area contributed by atoms with E-state index in [0.29, 0.717) is 29.7 Å². The van der Waals surface area contributed by atoms with Gasteiger partial charge in [0.2, 0.25) is 0 Å². The molecule has 0 aliphatic heterocycles. The van der Waals surface area contributed by atoms with E-state index >= 15 is 0 Å². The molecule has 0 bridgehead atoms.